The molecule has 0 amide bonds. The highest BCUT2D eigenvalue weighted by atomic mass is 32.2. The zero-order valence-electron chi connectivity index (χ0n) is 37.3. The molecule has 0 atom stereocenters. The van der Waals surface area contributed by atoms with E-state index in [1.165, 1.54) is 37.3 Å². The van der Waals surface area contributed by atoms with Gasteiger partial charge in [-0.2, -0.15) is 27.0 Å². The van der Waals surface area contributed by atoms with Gasteiger partial charge in [-0.05, 0) is 66.4 Å². The first kappa shape index (κ1) is 49.1. The molecule has 7 rings (SSSR count). The SMILES string of the molecule is COc1cc(/C=N/N(CC(C)C)C2=NS(=O)(=O)c3ccccc32)ccc1B(O)O.COc1cc(/C=N/N(CC(C)C)C2=NS(=O)(=O)c3ccccc32)ccc1B1OC(=O)CN(C)CC(=O)O1. The van der Waals surface area contributed by atoms with Gasteiger partial charge in [0.05, 0.1) is 45.2 Å². The van der Waals surface area contributed by atoms with E-state index in [0.29, 0.717) is 52.3 Å². The van der Waals surface area contributed by atoms with Gasteiger partial charge in [0.15, 0.2) is 11.7 Å². The fourth-order valence-corrected chi connectivity index (χ4v) is 9.29. The molecule has 1 saturated heterocycles. The monoisotopic (exact) mass is 941 g/mol. The van der Waals surface area contributed by atoms with Gasteiger partial charge < -0.3 is 28.8 Å². The van der Waals surface area contributed by atoms with Crippen LogP contribution < -0.4 is 20.4 Å². The Morgan fingerprint density at radius 2 is 1.17 bits per heavy atom. The number of ether oxygens (including phenoxy) is 2. The van der Waals surface area contributed by atoms with E-state index in [1.54, 1.807) is 96.2 Å². The summed E-state index contributed by atoms with van der Waals surface area (Å²) in [6.45, 7) is 8.77. The normalized spacial score (nSPS) is 16.4. The maximum atomic E-state index is 12.6. The lowest BCUT2D eigenvalue weighted by Gasteiger charge is -2.23. The molecule has 2 N–H and O–H groups in total. The number of amidine groups is 2. The molecular weight excluding hydrogens is 892 g/mol. The molecule has 0 radical (unpaired) electrons. The van der Waals surface area contributed by atoms with E-state index in [0.717, 1.165) is 0 Å². The van der Waals surface area contributed by atoms with E-state index in [9.17, 15) is 36.5 Å². The first-order valence-electron chi connectivity index (χ1n) is 20.6. The predicted molar refractivity (Wildman–Crippen MR) is 249 cm³/mol. The third-order valence-corrected chi connectivity index (χ3v) is 12.5. The first-order valence-corrected chi connectivity index (χ1v) is 23.5. The Hall–Kier alpha value is -6.39. The molecule has 66 heavy (non-hydrogen) atoms. The van der Waals surface area contributed by atoms with E-state index < -0.39 is 46.2 Å². The number of sulfonamides is 2. The molecule has 346 valence electrons. The molecule has 0 unspecified atom stereocenters. The Bertz CT molecular complexity index is 2800. The zero-order chi connectivity index (χ0) is 47.9. The number of rotatable bonds is 12. The Labute approximate surface area is 384 Å². The molecule has 0 spiro atoms. The fourth-order valence-electron chi connectivity index (χ4n) is 6.88. The van der Waals surface area contributed by atoms with Gasteiger partial charge in [0.1, 0.15) is 21.3 Å². The molecule has 23 heteroatoms. The smallest absolute Gasteiger partial charge is 0.497 e. The molecule has 0 aromatic heterocycles. The van der Waals surface area contributed by atoms with Gasteiger partial charge in [-0.1, -0.05) is 76.2 Å². The van der Waals surface area contributed by atoms with E-state index >= 15 is 0 Å². The maximum Gasteiger partial charge on any atom is 0.640 e. The van der Waals surface area contributed by atoms with Crippen LogP contribution in [0.1, 0.15) is 49.9 Å². The number of likely N-dealkylation sites (N-methyl/N-ethyl adjacent to an activating group) is 1. The summed E-state index contributed by atoms with van der Waals surface area (Å²) in [5.74, 6) is 0.453. The second-order valence-electron chi connectivity index (χ2n) is 16.1. The van der Waals surface area contributed by atoms with Gasteiger partial charge in [0, 0.05) is 29.7 Å². The highest BCUT2D eigenvalue weighted by Crippen LogP contribution is 2.29. The minimum atomic E-state index is -3.80. The van der Waals surface area contributed by atoms with Crippen molar-refractivity contribution in [2.75, 3.05) is 47.4 Å². The Balaban J connectivity index is 0.000000225. The number of fused-ring (bicyclic) bond motifs is 2. The number of carbonyl (C=O) groups excluding carboxylic acids is 2. The summed E-state index contributed by atoms with van der Waals surface area (Å²) in [6, 6.07) is 23.1. The standard InChI is InChI=1S/C24H27BN4O7S.C19H22BN3O5S/c1-16(2)13-29(24-18-7-5-6-8-21(18)37(32,33)27-24)26-12-17-9-10-19(20(11-17)34-4)25-35-22(30)14-28(3)15-23(31)36-25;1-13(2)12-23(19-15-6-4-5-7-18(15)29(26,27)22-19)21-11-14-8-9-16(20(24)25)17(10-14)28-3/h5-12,16H,13-15H2,1-4H3;4-11,13,24-25H,12H2,1-3H3/b26-12+;21-11+. The van der Waals surface area contributed by atoms with E-state index in [2.05, 4.69) is 19.0 Å². The minimum absolute atomic E-state index is 0.0485. The lowest BCUT2D eigenvalue weighted by Crippen LogP contribution is -2.48. The summed E-state index contributed by atoms with van der Waals surface area (Å²) < 4.78 is 79.1. The maximum absolute atomic E-state index is 12.6. The van der Waals surface area contributed by atoms with Crippen LogP contribution >= 0.6 is 0 Å². The molecule has 4 aromatic rings. The van der Waals surface area contributed by atoms with Crippen LogP contribution in [0.2, 0.25) is 0 Å². The summed E-state index contributed by atoms with van der Waals surface area (Å²) >= 11 is 0. The van der Waals surface area contributed by atoms with Crippen molar-refractivity contribution in [1.82, 2.24) is 14.9 Å². The van der Waals surface area contributed by atoms with Gasteiger partial charge in [-0.25, -0.2) is 10.0 Å². The number of hydrogen-bond donors (Lipinski definition) is 2. The molecule has 4 aromatic carbocycles. The van der Waals surface area contributed by atoms with Gasteiger partial charge in [0.25, 0.3) is 20.0 Å². The Morgan fingerprint density at radius 3 is 1.61 bits per heavy atom. The molecule has 3 aliphatic rings. The topological polar surface area (TPSA) is 239 Å². The summed E-state index contributed by atoms with van der Waals surface area (Å²) in [5.41, 5.74) is 2.88. The lowest BCUT2D eigenvalue weighted by atomic mass is 9.77. The molecule has 1 fully saturated rings. The highest BCUT2D eigenvalue weighted by molar-refractivity contribution is 7.91. The van der Waals surface area contributed by atoms with Crippen molar-refractivity contribution in [2.45, 2.75) is 37.5 Å². The second-order valence-corrected chi connectivity index (χ2v) is 19.2. The van der Waals surface area contributed by atoms with Gasteiger partial charge in [0.2, 0.25) is 0 Å². The summed E-state index contributed by atoms with van der Waals surface area (Å²) in [5, 5.41) is 30.9. The highest BCUT2D eigenvalue weighted by Gasteiger charge is 2.37. The zero-order valence-corrected chi connectivity index (χ0v) is 38.9. The Kier molecular flexibility index (Phi) is 15.5. The Morgan fingerprint density at radius 1 is 0.727 bits per heavy atom. The van der Waals surface area contributed by atoms with Crippen molar-refractivity contribution in [3.8, 4) is 11.5 Å². The fraction of sp³-hybridized carbons (Fsp3) is 0.302. The van der Waals surface area contributed by atoms with Crippen molar-refractivity contribution in [3.05, 3.63) is 107 Å². The molecular formula is C43H49B2N7O12S2. The number of hydrogen-bond acceptors (Lipinski definition) is 17. The van der Waals surface area contributed by atoms with Crippen molar-refractivity contribution in [3.63, 3.8) is 0 Å². The molecule has 3 heterocycles. The predicted octanol–water partition coefficient (Wildman–Crippen LogP) is 1.68. The average Bonchev–Trinajstić information content (AvgIpc) is 3.70. The van der Waals surface area contributed by atoms with Crippen molar-refractivity contribution in [1.29, 1.82) is 0 Å². The van der Waals surface area contributed by atoms with Crippen molar-refractivity contribution < 1.29 is 55.3 Å². The third kappa shape index (κ3) is 11.7. The largest absolute Gasteiger partial charge is 0.640 e. The van der Waals surface area contributed by atoms with Crippen molar-refractivity contribution >= 4 is 81.2 Å². The van der Waals surface area contributed by atoms with Crippen LogP contribution in [0.4, 0.5) is 0 Å². The van der Waals surface area contributed by atoms with Crippen LogP contribution in [0.3, 0.4) is 0 Å². The van der Waals surface area contributed by atoms with Crippen LogP contribution in [0, 0.1) is 11.8 Å². The summed E-state index contributed by atoms with van der Waals surface area (Å²) in [7, 11) is -5.95. The van der Waals surface area contributed by atoms with E-state index in [-0.39, 0.29) is 51.9 Å². The minimum Gasteiger partial charge on any atom is -0.497 e. The number of nitrogens with zero attached hydrogens (tertiary/aromatic N) is 7. The molecule has 3 aliphatic heterocycles. The van der Waals surface area contributed by atoms with Crippen LogP contribution in [0.25, 0.3) is 0 Å². The molecule has 0 saturated carbocycles. The van der Waals surface area contributed by atoms with E-state index in [4.69, 9.17) is 18.8 Å². The third-order valence-electron chi connectivity index (χ3n) is 9.80. The van der Waals surface area contributed by atoms with Crippen LogP contribution in [0.15, 0.2) is 114 Å². The number of benzene rings is 4. The molecule has 0 bridgehead atoms. The van der Waals surface area contributed by atoms with Crippen LogP contribution in [0.5, 0.6) is 11.5 Å². The van der Waals surface area contributed by atoms with Gasteiger partial charge in [-0.15, -0.1) is 8.80 Å². The van der Waals surface area contributed by atoms with Crippen molar-refractivity contribution in [2.24, 2.45) is 30.8 Å². The molecule has 19 nitrogen and oxygen atoms in total. The first-order chi connectivity index (χ1) is 31.3. The van der Waals surface area contributed by atoms with Gasteiger partial charge >= 0.3 is 26.2 Å². The van der Waals surface area contributed by atoms with E-state index in [1.807, 2.05) is 27.7 Å². The summed E-state index contributed by atoms with van der Waals surface area (Å²) in [4.78, 5) is 26.1. The second kappa shape index (κ2) is 20.8. The lowest BCUT2D eigenvalue weighted by molar-refractivity contribution is -0.145. The number of carbonyl (C=O) groups is 2. The number of methoxy groups -OCH3 is 2. The van der Waals surface area contributed by atoms with Crippen LogP contribution in [-0.2, 0) is 38.9 Å². The van der Waals surface area contributed by atoms with Gasteiger partial charge in [-0.3, -0.25) is 14.5 Å². The van der Waals surface area contributed by atoms with Crippen LogP contribution in [-0.4, -0.2) is 140 Å². The molecule has 0 aliphatic carbocycles. The summed E-state index contributed by atoms with van der Waals surface area (Å²) in [6.07, 6.45) is 3.10. The number of hydrazone groups is 2. The average molecular weight is 942 g/mol. The quantitative estimate of drug-likeness (QED) is 0.117.